The third kappa shape index (κ3) is 4.67. The summed E-state index contributed by atoms with van der Waals surface area (Å²) in [7, 11) is 3.51. The number of alkyl halides is 3. The molecular formula is C28H31F3N6O2. The normalized spacial score (nSPS) is 21.4. The Morgan fingerprint density at radius 1 is 1.23 bits per heavy atom. The van der Waals surface area contributed by atoms with E-state index in [9.17, 15) is 18.0 Å². The van der Waals surface area contributed by atoms with Crippen LogP contribution in [0.3, 0.4) is 0 Å². The van der Waals surface area contributed by atoms with Gasteiger partial charge in [0.05, 0.1) is 17.1 Å². The number of fused-ring (bicyclic) bond motifs is 1. The molecule has 0 atom stereocenters. The van der Waals surface area contributed by atoms with Crippen molar-refractivity contribution in [2.75, 3.05) is 13.7 Å². The summed E-state index contributed by atoms with van der Waals surface area (Å²) in [5, 5.41) is 11.5. The van der Waals surface area contributed by atoms with Crippen molar-refractivity contribution < 1.29 is 17.9 Å². The number of aromatic nitrogens is 5. The number of aromatic amines is 1. The molecule has 2 fully saturated rings. The Morgan fingerprint density at radius 2 is 2.03 bits per heavy atom. The number of hydrogen-bond acceptors (Lipinski definition) is 5. The maximum absolute atomic E-state index is 14.2. The van der Waals surface area contributed by atoms with E-state index in [2.05, 4.69) is 20.5 Å². The van der Waals surface area contributed by atoms with Gasteiger partial charge in [0.25, 0.3) is 5.56 Å². The second-order valence-electron chi connectivity index (χ2n) is 10.9. The SMILES string of the molecule is COC1CC(c2cccc(-n3cc(C(F)(F)F)c4cc(CNCCC5CC5)[nH]c4c3=O)c2)(c2nncn2C)C1. The average Bonchev–Trinajstić information content (AvgIpc) is 3.45. The van der Waals surface area contributed by atoms with E-state index in [4.69, 9.17) is 4.74 Å². The van der Waals surface area contributed by atoms with Crippen molar-refractivity contribution in [2.45, 2.75) is 56.3 Å². The molecule has 0 aliphatic heterocycles. The molecule has 0 saturated heterocycles. The first-order valence-electron chi connectivity index (χ1n) is 13.2. The van der Waals surface area contributed by atoms with Gasteiger partial charge in [0, 0.05) is 43.7 Å². The topological polar surface area (TPSA) is 89.8 Å². The van der Waals surface area contributed by atoms with Gasteiger partial charge in [-0.3, -0.25) is 9.36 Å². The van der Waals surface area contributed by atoms with Gasteiger partial charge in [0.1, 0.15) is 17.7 Å². The van der Waals surface area contributed by atoms with Crippen molar-refractivity contribution in [1.29, 1.82) is 0 Å². The number of aryl methyl sites for hydroxylation is 1. The lowest BCUT2D eigenvalue weighted by Gasteiger charge is -2.46. The minimum absolute atomic E-state index is 0.0245. The van der Waals surface area contributed by atoms with Gasteiger partial charge < -0.3 is 19.6 Å². The zero-order chi connectivity index (χ0) is 27.4. The van der Waals surface area contributed by atoms with Crippen molar-refractivity contribution in [1.82, 2.24) is 29.6 Å². The zero-order valence-corrected chi connectivity index (χ0v) is 21.9. The third-order valence-electron chi connectivity index (χ3n) is 8.20. The van der Waals surface area contributed by atoms with E-state index in [0.717, 1.165) is 41.0 Å². The summed E-state index contributed by atoms with van der Waals surface area (Å²) in [6.45, 7) is 1.16. The quantitative estimate of drug-likeness (QED) is 0.306. The lowest BCUT2D eigenvalue weighted by atomic mass is 9.62. The largest absolute Gasteiger partial charge is 0.418 e. The number of H-pyrrole nitrogens is 1. The van der Waals surface area contributed by atoms with Crippen LogP contribution in [-0.4, -0.2) is 44.1 Å². The molecule has 0 bridgehead atoms. The Bertz CT molecular complexity index is 1560. The lowest BCUT2D eigenvalue weighted by Crippen LogP contribution is -2.48. The van der Waals surface area contributed by atoms with Crippen LogP contribution in [0, 0.1) is 5.92 Å². The van der Waals surface area contributed by atoms with E-state index in [1.165, 1.54) is 18.9 Å². The minimum Gasteiger partial charge on any atom is -0.381 e. The van der Waals surface area contributed by atoms with E-state index in [1.54, 1.807) is 31.6 Å². The molecule has 0 radical (unpaired) electrons. The van der Waals surface area contributed by atoms with Crippen LogP contribution in [0.1, 0.15) is 54.7 Å². The number of ether oxygens (including phenoxy) is 1. The van der Waals surface area contributed by atoms with Crippen molar-refractivity contribution >= 4 is 10.9 Å². The molecule has 206 valence electrons. The molecule has 0 amide bonds. The van der Waals surface area contributed by atoms with E-state index in [0.29, 0.717) is 30.8 Å². The van der Waals surface area contributed by atoms with Crippen LogP contribution in [0.15, 0.2) is 47.7 Å². The minimum atomic E-state index is -4.64. The Labute approximate surface area is 223 Å². The highest BCUT2D eigenvalue weighted by atomic mass is 19.4. The second-order valence-corrected chi connectivity index (χ2v) is 10.9. The molecule has 4 aromatic rings. The van der Waals surface area contributed by atoms with Gasteiger partial charge in [0.15, 0.2) is 0 Å². The molecule has 11 heteroatoms. The van der Waals surface area contributed by atoms with Crippen molar-refractivity contribution in [3.8, 4) is 5.69 Å². The predicted molar refractivity (Wildman–Crippen MR) is 140 cm³/mol. The molecule has 2 saturated carbocycles. The summed E-state index contributed by atoms with van der Waals surface area (Å²) >= 11 is 0. The van der Waals surface area contributed by atoms with Crippen LogP contribution in [-0.2, 0) is 29.9 Å². The maximum Gasteiger partial charge on any atom is 0.418 e. The maximum atomic E-state index is 14.2. The molecule has 8 nitrogen and oxygen atoms in total. The summed E-state index contributed by atoms with van der Waals surface area (Å²) < 4.78 is 51.1. The fourth-order valence-corrected chi connectivity index (χ4v) is 5.82. The van der Waals surface area contributed by atoms with E-state index in [1.807, 2.05) is 17.7 Å². The zero-order valence-electron chi connectivity index (χ0n) is 21.9. The van der Waals surface area contributed by atoms with Gasteiger partial charge in [-0.25, -0.2) is 0 Å². The highest BCUT2D eigenvalue weighted by Gasteiger charge is 2.50. The van der Waals surface area contributed by atoms with E-state index < -0.39 is 22.7 Å². The van der Waals surface area contributed by atoms with Gasteiger partial charge in [0.2, 0.25) is 0 Å². The first-order chi connectivity index (χ1) is 18.7. The number of halogens is 3. The van der Waals surface area contributed by atoms with Gasteiger partial charge >= 0.3 is 6.18 Å². The number of pyridine rings is 1. The molecule has 6 rings (SSSR count). The van der Waals surface area contributed by atoms with Crippen LogP contribution in [0.5, 0.6) is 0 Å². The first kappa shape index (κ1) is 25.8. The summed E-state index contributed by atoms with van der Waals surface area (Å²) in [6.07, 6.45) is 2.77. The summed E-state index contributed by atoms with van der Waals surface area (Å²) in [5.41, 5.74) is -0.210. The van der Waals surface area contributed by atoms with Crippen molar-refractivity contribution in [2.24, 2.45) is 13.0 Å². The highest BCUT2D eigenvalue weighted by Crippen LogP contribution is 2.49. The molecule has 2 aliphatic carbocycles. The van der Waals surface area contributed by atoms with Crippen LogP contribution in [0.4, 0.5) is 13.2 Å². The van der Waals surface area contributed by atoms with Gasteiger partial charge in [-0.1, -0.05) is 25.0 Å². The van der Waals surface area contributed by atoms with Gasteiger partial charge in [-0.15, -0.1) is 10.2 Å². The van der Waals surface area contributed by atoms with E-state index >= 15 is 0 Å². The standard InChI is InChI=1S/C28H31F3N6O2/c1-36-16-33-35-26(36)27(12-21(13-27)39-2)18-4-3-5-20(10-18)37-15-23(28(29,30)31)22-11-19(34-24(22)25(37)38)14-32-9-8-17-6-7-17/h3-5,10-11,15-17,21,32,34H,6-9,12-14H2,1-2H3. The number of rotatable bonds is 9. The molecule has 3 aromatic heterocycles. The third-order valence-corrected chi connectivity index (χ3v) is 8.20. The number of hydrogen-bond donors (Lipinski definition) is 2. The Balaban J connectivity index is 1.40. The molecule has 0 spiro atoms. The monoisotopic (exact) mass is 540 g/mol. The van der Waals surface area contributed by atoms with Crippen LogP contribution in [0.2, 0.25) is 0 Å². The van der Waals surface area contributed by atoms with Gasteiger partial charge in [-0.05, 0) is 55.5 Å². The van der Waals surface area contributed by atoms with Crippen LogP contribution >= 0.6 is 0 Å². The summed E-state index contributed by atoms with van der Waals surface area (Å²) in [5.74, 6) is 1.50. The molecule has 3 heterocycles. The fraction of sp³-hybridized carbons (Fsp3) is 0.464. The van der Waals surface area contributed by atoms with Crippen molar-refractivity contribution in [3.05, 3.63) is 75.9 Å². The number of benzene rings is 1. The first-order valence-corrected chi connectivity index (χ1v) is 13.2. The summed E-state index contributed by atoms with van der Waals surface area (Å²) in [6, 6.07) is 8.54. The van der Waals surface area contributed by atoms with E-state index in [-0.39, 0.29) is 17.0 Å². The molecule has 1 aromatic carbocycles. The summed E-state index contributed by atoms with van der Waals surface area (Å²) in [4.78, 5) is 16.5. The Hall–Kier alpha value is -3.44. The Kier molecular flexibility index (Phi) is 6.38. The molecule has 2 N–H and O–H groups in total. The highest BCUT2D eigenvalue weighted by molar-refractivity contribution is 5.84. The lowest BCUT2D eigenvalue weighted by molar-refractivity contribution is -0.136. The van der Waals surface area contributed by atoms with Gasteiger partial charge in [-0.2, -0.15) is 13.2 Å². The molecule has 0 unspecified atom stereocenters. The predicted octanol–water partition coefficient (Wildman–Crippen LogP) is 4.45. The fourth-order valence-electron chi connectivity index (χ4n) is 5.82. The second kappa shape index (κ2) is 9.63. The van der Waals surface area contributed by atoms with Crippen molar-refractivity contribution in [3.63, 3.8) is 0 Å². The Morgan fingerprint density at radius 3 is 2.69 bits per heavy atom. The molecular weight excluding hydrogens is 509 g/mol. The molecule has 2 aliphatic rings. The number of methoxy groups -OCH3 is 1. The number of nitrogens with one attached hydrogen (secondary N) is 2. The van der Waals surface area contributed by atoms with Crippen LogP contribution in [0.25, 0.3) is 16.6 Å². The molecule has 39 heavy (non-hydrogen) atoms. The van der Waals surface area contributed by atoms with Crippen LogP contribution < -0.4 is 10.9 Å². The smallest absolute Gasteiger partial charge is 0.381 e. The average molecular weight is 541 g/mol. The number of nitrogens with zero attached hydrogens (tertiary/aromatic N) is 4.